The van der Waals surface area contributed by atoms with E-state index in [-0.39, 0.29) is 0 Å². The third-order valence-electron chi connectivity index (χ3n) is 3.82. The van der Waals surface area contributed by atoms with Crippen LogP contribution in [0.1, 0.15) is 45.4 Å². The predicted molar refractivity (Wildman–Crippen MR) is 95.4 cm³/mol. The van der Waals surface area contributed by atoms with Gasteiger partial charge in [-0.3, -0.25) is 0 Å². The molecule has 2 rings (SSSR count). The van der Waals surface area contributed by atoms with Gasteiger partial charge in [0.05, 0.1) is 12.6 Å². The molecule has 1 aromatic carbocycles. The summed E-state index contributed by atoms with van der Waals surface area (Å²) in [5.74, 6) is 1.22. The van der Waals surface area contributed by atoms with Crippen LogP contribution in [0.15, 0.2) is 28.7 Å². The molecule has 7 heteroatoms. The first-order valence-electron chi connectivity index (χ1n) is 8.27. The van der Waals surface area contributed by atoms with Gasteiger partial charge in [-0.15, -0.1) is 0 Å². The first-order chi connectivity index (χ1) is 11.4. The van der Waals surface area contributed by atoms with Gasteiger partial charge in [0, 0.05) is 19.0 Å². The van der Waals surface area contributed by atoms with Gasteiger partial charge in [-0.2, -0.15) is 17.4 Å². The predicted octanol–water partition coefficient (Wildman–Crippen LogP) is 3.46. The Morgan fingerprint density at radius 2 is 2.08 bits per heavy atom. The molecule has 1 N–H and O–H groups in total. The van der Waals surface area contributed by atoms with Crippen LogP contribution in [0.25, 0.3) is 11.0 Å². The van der Waals surface area contributed by atoms with Crippen LogP contribution in [0.4, 0.5) is 0 Å². The molecule has 6 nitrogen and oxygen atoms in total. The Hall–Kier alpha value is -1.57. The topological polar surface area (TPSA) is 71.8 Å². The molecular weight excluding hydrogens is 328 g/mol. The van der Waals surface area contributed by atoms with Crippen LogP contribution in [0.5, 0.6) is 5.75 Å². The lowest BCUT2D eigenvalue weighted by molar-refractivity contribution is 0.336. The SMILES string of the molecule is CCCCN(C)S(=O)(=O)NC(C)c1cc2cccc(OCC)c2o1. The maximum Gasteiger partial charge on any atom is 0.279 e. The van der Waals surface area contributed by atoms with E-state index in [1.165, 1.54) is 4.31 Å². The molecule has 0 fully saturated rings. The third-order valence-corrected chi connectivity index (χ3v) is 5.47. The van der Waals surface area contributed by atoms with Gasteiger partial charge >= 0.3 is 0 Å². The Morgan fingerprint density at radius 1 is 1.33 bits per heavy atom. The standard InChI is InChI=1S/C17H26N2O4S/c1-5-7-11-19(4)24(20,21)18-13(3)16-12-14-9-8-10-15(22-6-2)17(14)23-16/h8-10,12-13,18H,5-7,11H2,1-4H3. The van der Waals surface area contributed by atoms with Crippen LogP contribution in [0.2, 0.25) is 0 Å². The molecule has 0 aliphatic rings. The molecule has 1 unspecified atom stereocenters. The fourth-order valence-corrected chi connectivity index (χ4v) is 3.52. The van der Waals surface area contributed by atoms with Gasteiger partial charge in [0.2, 0.25) is 0 Å². The monoisotopic (exact) mass is 354 g/mol. The number of furan rings is 1. The smallest absolute Gasteiger partial charge is 0.279 e. The molecule has 0 amide bonds. The van der Waals surface area contributed by atoms with E-state index in [4.69, 9.17) is 9.15 Å². The molecule has 2 aromatic rings. The van der Waals surface area contributed by atoms with Gasteiger partial charge in [0.1, 0.15) is 5.76 Å². The highest BCUT2D eigenvalue weighted by atomic mass is 32.2. The van der Waals surface area contributed by atoms with Crippen molar-refractivity contribution in [1.82, 2.24) is 9.03 Å². The highest BCUT2D eigenvalue weighted by Gasteiger charge is 2.23. The number of ether oxygens (including phenoxy) is 1. The fourth-order valence-electron chi connectivity index (χ4n) is 2.41. The summed E-state index contributed by atoms with van der Waals surface area (Å²) in [7, 11) is -1.97. The number of benzene rings is 1. The summed E-state index contributed by atoms with van der Waals surface area (Å²) < 4.78 is 40.1. The first kappa shape index (κ1) is 18.8. The van der Waals surface area contributed by atoms with Gasteiger partial charge in [0.25, 0.3) is 10.2 Å². The molecule has 0 saturated heterocycles. The number of para-hydroxylation sites is 1. The molecule has 0 aliphatic carbocycles. The second kappa shape index (κ2) is 8.00. The third kappa shape index (κ3) is 4.28. The maximum atomic E-state index is 12.4. The number of rotatable bonds is 9. The average molecular weight is 354 g/mol. The van der Waals surface area contributed by atoms with Crippen LogP contribution in [0, 0.1) is 0 Å². The minimum absolute atomic E-state index is 0.471. The minimum Gasteiger partial charge on any atom is -0.490 e. The minimum atomic E-state index is -3.55. The lowest BCUT2D eigenvalue weighted by atomic mass is 10.2. The molecule has 0 aliphatic heterocycles. The number of fused-ring (bicyclic) bond motifs is 1. The van der Waals surface area contributed by atoms with E-state index in [1.54, 1.807) is 14.0 Å². The van der Waals surface area contributed by atoms with Gasteiger partial charge in [-0.25, -0.2) is 0 Å². The fraction of sp³-hybridized carbons (Fsp3) is 0.529. The van der Waals surface area contributed by atoms with Crippen molar-refractivity contribution in [3.63, 3.8) is 0 Å². The summed E-state index contributed by atoms with van der Waals surface area (Å²) in [5, 5.41) is 0.890. The number of nitrogens with one attached hydrogen (secondary N) is 1. The highest BCUT2D eigenvalue weighted by molar-refractivity contribution is 7.87. The first-order valence-corrected chi connectivity index (χ1v) is 9.71. The summed E-state index contributed by atoms with van der Waals surface area (Å²) in [4.78, 5) is 0. The Morgan fingerprint density at radius 3 is 2.75 bits per heavy atom. The number of hydrogen-bond acceptors (Lipinski definition) is 4. The van der Waals surface area contributed by atoms with Crippen molar-refractivity contribution < 1.29 is 17.6 Å². The van der Waals surface area contributed by atoms with Crippen LogP contribution >= 0.6 is 0 Å². The van der Waals surface area contributed by atoms with Crippen LogP contribution in [0.3, 0.4) is 0 Å². The Kier molecular flexibility index (Phi) is 6.26. The van der Waals surface area contributed by atoms with Gasteiger partial charge in [-0.05, 0) is 32.4 Å². The summed E-state index contributed by atoms with van der Waals surface area (Å²) in [6, 6.07) is 7.02. The lowest BCUT2D eigenvalue weighted by Crippen LogP contribution is -2.39. The molecule has 1 aromatic heterocycles. The van der Waals surface area contributed by atoms with Gasteiger partial charge in [0.15, 0.2) is 11.3 Å². The lowest BCUT2D eigenvalue weighted by Gasteiger charge is -2.19. The average Bonchev–Trinajstić information content (AvgIpc) is 2.97. The van der Waals surface area contributed by atoms with Crippen LogP contribution < -0.4 is 9.46 Å². The van der Waals surface area contributed by atoms with Crippen molar-refractivity contribution in [1.29, 1.82) is 0 Å². The van der Waals surface area contributed by atoms with Crippen molar-refractivity contribution in [3.8, 4) is 5.75 Å². The van der Waals surface area contributed by atoms with Crippen molar-refractivity contribution >= 4 is 21.2 Å². The Bertz CT molecular complexity index is 770. The number of hydrogen-bond donors (Lipinski definition) is 1. The van der Waals surface area contributed by atoms with Crippen LogP contribution in [-0.2, 0) is 10.2 Å². The van der Waals surface area contributed by atoms with Crippen molar-refractivity contribution in [2.24, 2.45) is 0 Å². The molecule has 0 radical (unpaired) electrons. The quantitative estimate of drug-likeness (QED) is 0.748. The highest BCUT2D eigenvalue weighted by Crippen LogP contribution is 2.31. The zero-order chi connectivity index (χ0) is 17.7. The molecule has 0 saturated carbocycles. The Labute approximate surface area is 144 Å². The molecule has 134 valence electrons. The zero-order valence-electron chi connectivity index (χ0n) is 14.7. The molecule has 1 heterocycles. The van der Waals surface area contributed by atoms with Gasteiger partial charge < -0.3 is 9.15 Å². The summed E-state index contributed by atoms with van der Waals surface area (Å²) in [6.07, 6.45) is 1.77. The van der Waals surface area contributed by atoms with Gasteiger partial charge in [-0.1, -0.05) is 25.5 Å². The van der Waals surface area contributed by atoms with E-state index in [2.05, 4.69) is 4.72 Å². The molecule has 24 heavy (non-hydrogen) atoms. The molecule has 1 atom stereocenters. The van der Waals surface area contributed by atoms with E-state index in [0.717, 1.165) is 18.2 Å². The van der Waals surface area contributed by atoms with E-state index in [0.29, 0.717) is 30.2 Å². The number of unbranched alkanes of at least 4 members (excludes halogenated alkanes) is 1. The second-order valence-corrected chi connectivity index (χ2v) is 7.59. The van der Waals surface area contributed by atoms with Crippen molar-refractivity contribution in [2.45, 2.75) is 39.7 Å². The summed E-state index contributed by atoms with van der Waals surface area (Å²) >= 11 is 0. The van der Waals surface area contributed by atoms with Crippen molar-refractivity contribution in [3.05, 3.63) is 30.0 Å². The number of nitrogens with zero attached hydrogens (tertiary/aromatic N) is 1. The maximum absolute atomic E-state index is 12.4. The zero-order valence-corrected chi connectivity index (χ0v) is 15.5. The van der Waals surface area contributed by atoms with E-state index in [9.17, 15) is 8.42 Å². The Balaban J connectivity index is 2.19. The molecule has 0 bridgehead atoms. The van der Waals surface area contributed by atoms with Crippen molar-refractivity contribution in [2.75, 3.05) is 20.2 Å². The molecular formula is C17H26N2O4S. The van der Waals surface area contributed by atoms with E-state index >= 15 is 0 Å². The summed E-state index contributed by atoms with van der Waals surface area (Å²) in [6.45, 7) is 6.74. The van der Waals surface area contributed by atoms with Crippen LogP contribution in [-0.4, -0.2) is 32.9 Å². The normalized spacial score (nSPS) is 13.5. The summed E-state index contributed by atoms with van der Waals surface area (Å²) in [5.41, 5.74) is 0.639. The van der Waals surface area contributed by atoms with E-state index in [1.807, 2.05) is 38.1 Å². The largest absolute Gasteiger partial charge is 0.490 e. The van der Waals surface area contributed by atoms with E-state index < -0.39 is 16.3 Å². The second-order valence-electron chi connectivity index (χ2n) is 5.78. The molecule has 0 spiro atoms.